The van der Waals surface area contributed by atoms with Gasteiger partial charge in [-0.25, -0.2) is 0 Å². The SMILES string of the molecule is CCCOCC(=O)N(C)C(C)Cc1cccs1. The van der Waals surface area contributed by atoms with E-state index in [0.29, 0.717) is 6.61 Å². The normalized spacial score (nSPS) is 12.4. The van der Waals surface area contributed by atoms with Gasteiger partial charge < -0.3 is 9.64 Å². The van der Waals surface area contributed by atoms with Gasteiger partial charge in [0.25, 0.3) is 0 Å². The summed E-state index contributed by atoms with van der Waals surface area (Å²) in [5.41, 5.74) is 0. The molecule has 96 valence electrons. The van der Waals surface area contributed by atoms with Crippen molar-refractivity contribution in [3.63, 3.8) is 0 Å². The monoisotopic (exact) mass is 255 g/mol. The molecule has 1 amide bonds. The molecule has 0 radical (unpaired) electrons. The van der Waals surface area contributed by atoms with Crippen LogP contribution >= 0.6 is 11.3 Å². The van der Waals surface area contributed by atoms with Gasteiger partial charge in [-0.15, -0.1) is 11.3 Å². The third kappa shape index (κ3) is 4.88. The second-order valence-corrected chi connectivity index (χ2v) is 5.22. The van der Waals surface area contributed by atoms with Crippen molar-refractivity contribution in [1.82, 2.24) is 4.90 Å². The summed E-state index contributed by atoms with van der Waals surface area (Å²) < 4.78 is 5.26. The van der Waals surface area contributed by atoms with Crippen LogP contribution in [0.1, 0.15) is 25.1 Å². The van der Waals surface area contributed by atoms with Crippen molar-refractivity contribution in [1.29, 1.82) is 0 Å². The minimum Gasteiger partial charge on any atom is -0.372 e. The van der Waals surface area contributed by atoms with Crippen molar-refractivity contribution in [2.45, 2.75) is 32.7 Å². The maximum atomic E-state index is 11.8. The second kappa shape index (κ2) is 7.45. The number of likely N-dealkylation sites (N-methyl/N-ethyl adjacent to an activating group) is 1. The number of hydrogen-bond donors (Lipinski definition) is 0. The molecular weight excluding hydrogens is 234 g/mol. The summed E-state index contributed by atoms with van der Waals surface area (Å²) in [6.45, 7) is 4.95. The zero-order valence-corrected chi connectivity index (χ0v) is 11.6. The number of carbonyl (C=O) groups is 1. The smallest absolute Gasteiger partial charge is 0.248 e. The highest BCUT2D eigenvalue weighted by Gasteiger charge is 2.16. The van der Waals surface area contributed by atoms with E-state index >= 15 is 0 Å². The summed E-state index contributed by atoms with van der Waals surface area (Å²) in [7, 11) is 1.84. The van der Waals surface area contributed by atoms with Crippen molar-refractivity contribution in [2.24, 2.45) is 0 Å². The van der Waals surface area contributed by atoms with E-state index in [1.54, 1.807) is 16.2 Å². The van der Waals surface area contributed by atoms with E-state index in [2.05, 4.69) is 18.4 Å². The molecule has 1 heterocycles. The van der Waals surface area contributed by atoms with Crippen LogP contribution in [-0.2, 0) is 16.0 Å². The first-order chi connectivity index (χ1) is 8.15. The fourth-order valence-electron chi connectivity index (χ4n) is 1.51. The highest BCUT2D eigenvalue weighted by molar-refractivity contribution is 7.09. The lowest BCUT2D eigenvalue weighted by Crippen LogP contribution is -2.38. The largest absolute Gasteiger partial charge is 0.372 e. The summed E-state index contributed by atoms with van der Waals surface area (Å²) in [6.07, 6.45) is 1.86. The third-order valence-corrected chi connectivity index (χ3v) is 3.60. The summed E-state index contributed by atoms with van der Waals surface area (Å²) in [4.78, 5) is 14.9. The lowest BCUT2D eigenvalue weighted by atomic mass is 10.2. The molecule has 0 N–H and O–H groups in total. The van der Waals surface area contributed by atoms with Crippen LogP contribution in [0.25, 0.3) is 0 Å². The Hall–Kier alpha value is -0.870. The molecule has 0 saturated heterocycles. The Labute approximate surface area is 107 Å². The molecule has 0 fully saturated rings. The van der Waals surface area contributed by atoms with E-state index in [-0.39, 0.29) is 18.6 Å². The average molecular weight is 255 g/mol. The standard InChI is InChI=1S/C13H21NO2S/c1-4-7-16-10-13(15)14(3)11(2)9-12-6-5-8-17-12/h5-6,8,11H,4,7,9-10H2,1-3H3. The maximum Gasteiger partial charge on any atom is 0.248 e. The summed E-state index contributed by atoms with van der Waals surface area (Å²) in [5, 5.41) is 2.06. The van der Waals surface area contributed by atoms with Gasteiger partial charge in [-0.1, -0.05) is 13.0 Å². The minimum absolute atomic E-state index is 0.0579. The van der Waals surface area contributed by atoms with Gasteiger partial charge in [0.2, 0.25) is 5.91 Å². The van der Waals surface area contributed by atoms with Gasteiger partial charge in [0, 0.05) is 31.0 Å². The van der Waals surface area contributed by atoms with E-state index in [9.17, 15) is 4.79 Å². The zero-order chi connectivity index (χ0) is 12.7. The Morgan fingerprint density at radius 1 is 1.59 bits per heavy atom. The number of rotatable bonds is 7. The van der Waals surface area contributed by atoms with Crippen molar-refractivity contribution < 1.29 is 9.53 Å². The Balaban J connectivity index is 2.35. The van der Waals surface area contributed by atoms with Gasteiger partial charge in [0.1, 0.15) is 6.61 Å². The van der Waals surface area contributed by atoms with Gasteiger partial charge in [-0.05, 0) is 24.8 Å². The van der Waals surface area contributed by atoms with E-state index in [1.165, 1.54) is 4.88 Å². The topological polar surface area (TPSA) is 29.5 Å². The van der Waals surface area contributed by atoms with Gasteiger partial charge in [-0.3, -0.25) is 4.79 Å². The van der Waals surface area contributed by atoms with E-state index < -0.39 is 0 Å². The van der Waals surface area contributed by atoms with Gasteiger partial charge in [0.05, 0.1) is 0 Å². The molecule has 3 nitrogen and oxygen atoms in total. The van der Waals surface area contributed by atoms with Crippen LogP contribution < -0.4 is 0 Å². The highest BCUT2D eigenvalue weighted by atomic mass is 32.1. The zero-order valence-electron chi connectivity index (χ0n) is 10.8. The number of carbonyl (C=O) groups excluding carboxylic acids is 1. The third-order valence-electron chi connectivity index (χ3n) is 2.71. The van der Waals surface area contributed by atoms with Crippen LogP contribution in [0.4, 0.5) is 0 Å². The number of ether oxygens (including phenoxy) is 1. The first kappa shape index (κ1) is 14.2. The molecule has 1 aromatic heterocycles. The first-order valence-corrected chi connectivity index (χ1v) is 6.89. The predicted molar refractivity (Wildman–Crippen MR) is 71.4 cm³/mol. The van der Waals surface area contributed by atoms with Crippen LogP contribution in [0, 0.1) is 0 Å². The lowest BCUT2D eigenvalue weighted by Gasteiger charge is -2.24. The molecule has 0 saturated carbocycles. The van der Waals surface area contributed by atoms with E-state index in [1.807, 2.05) is 20.0 Å². The molecule has 17 heavy (non-hydrogen) atoms. The molecule has 1 unspecified atom stereocenters. The molecule has 0 bridgehead atoms. The molecule has 0 aliphatic heterocycles. The first-order valence-electron chi connectivity index (χ1n) is 6.01. The summed E-state index contributed by atoms with van der Waals surface area (Å²) in [6, 6.07) is 4.36. The number of hydrogen-bond acceptors (Lipinski definition) is 3. The van der Waals surface area contributed by atoms with Crippen LogP contribution in [0.2, 0.25) is 0 Å². The number of amides is 1. The molecule has 1 aromatic rings. The van der Waals surface area contributed by atoms with Crippen molar-refractivity contribution in [2.75, 3.05) is 20.3 Å². The summed E-state index contributed by atoms with van der Waals surface area (Å²) in [5.74, 6) is 0.0579. The molecule has 0 aliphatic carbocycles. The Kier molecular flexibility index (Phi) is 6.22. The Morgan fingerprint density at radius 2 is 2.35 bits per heavy atom. The predicted octanol–water partition coefficient (Wildman–Crippen LogP) is 2.56. The van der Waals surface area contributed by atoms with Crippen LogP contribution in [-0.4, -0.2) is 37.1 Å². The van der Waals surface area contributed by atoms with Gasteiger partial charge in [0.15, 0.2) is 0 Å². The van der Waals surface area contributed by atoms with Crippen LogP contribution in [0.5, 0.6) is 0 Å². The molecule has 0 aromatic carbocycles. The second-order valence-electron chi connectivity index (χ2n) is 4.19. The van der Waals surface area contributed by atoms with Crippen molar-refractivity contribution >= 4 is 17.2 Å². The fraction of sp³-hybridized carbons (Fsp3) is 0.615. The highest BCUT2D eigenvalue weighted by Crippen LogP contribution is 2.13. The quantitative estimate of drug-likeness (QED) is 0.701. The number of thiophene rings is 1. The molecular formula is C13H21NO2S. The molecule has 0 aliphatic rings. The fourth-order valence-corrected chi connectivity index (χ4v) is 2.33. The molecule has 4 heteroatoms. The van der Waals surface area contributed by atoms with Crippen LogP contribution in [0.15, 0.2) is 17.5 Å². The van der Waals surface area contributed by atoms with Crippen LogP contribution in [0.3, 0.4) is 0 Å². The maximum absolute atomic E-state index is 11.8. The molecule has 0 spiro atoms. The lowest BCUT2D eigenvalue weighted by molar-refractivity contribution is -0.136. The molecule has 1 rings (SSSR count). The minimum atomic E-state index is 0.0579. The Morgan fingerprint density at radius 3 is 2.94 bits per heavy atom. The summed E-state index contributed by atoms with van der Waals surface area (Å²) >= 11 is 1.73. The van der Waals surface area contributed by atoms with Gasteiger partial charge in [-0.2, -0.15) is 0 Å². The molecule has 1 atom stereocenters. The van der Waals surface area contributed by atoms with Crippen molar-refractivity contribution in [3.05, 3.63) is 22.4 Å². The average Bonchev–Trinajstić information content (AvgIpc) is 2.81. The number of nitrogens with zero attached hydrogens (tertiary/aromatic N) is 1. The van der Waals surface area contributed by atoms with E-state index in [4.69, 9.17) is 4.74 Å². The van der Waals surface area contributed by atoms with Gasteiger partial charge >= 0.3 is 0 Å². The Bertz CT molecular complexity index is 324. The van der Waals surface area contributed by atoms with Crippen molar-refractivity contribution in [3.8, 4) is 0 Å². The van der Waals surface area contributed by atoms with E-state index in [0.717, 1.165) is 12.8 Å².